The summed E-state index contributed by atoms with van der Waals surface area (Å²) in [6.07, 6.45) is 0.986. The molecule has 1 atom stereocenters. The number of sulfonamides is 1. The van der Waals surface area contributed by atoms with Crippen LogP contribution in [-0.4, -0.2) is 59.5 Å². The van der Waals surface area contributed by atoms with Gasteiger partial charge in [-0.1, -0.05) is 16.9 Å². The predicted molar refractivity (Wildman–Crippen MR) is 66.4 cm³/mol. The van der Waals surface area contributed by atoms with Crippen LogP contribution < -0.4 is 10.5 Å². The fourth-order valence-corrected chi connectivity index (χ4v) is 2.87. The SMILES string of the molecule is CS(=O)(=O)N[C@H](CO)CSc1nonc1/C(N)=N/O. The third-order valence-electron chi connectivity index (χ3n) is 1.83. The lowest BCUT2D eigenvalue weighted by molar-refractivity contribution is 0.267. The van der Waals surface area contributed by atoms with Crippen molar-refractivity contribution in [3.8, 4) is 0 Å². The number of oxime groups is 1. The van der Waals surface area contributed by atoms with Crippen LogP contribution in [-0.2, 0) is 10.0 Å². The van der Waals surface area contributed by atoms with E-state index in [0.29, 0.717) is 0 Å². The molecule has 5 N–H and O–H groups in total. The molecule has 0 aliphatic carbocycles. The van der Waals surface area contributed by atoms with Crippen molar-refractivity contribution in [1.29, 1.82) is 0 Å². The molecule has 19 heavy (non-hydrogen) atoms. The van der Waals surface area contributed by atoms with Crippen LogP contribution in [0.5, 0.6) is 0 Å². The molecule has 12 heteroatoms. The number of aliphatic hydroxyl groups is 1. The minimum Gasteiger partial charge on any atom is -0.409 e. The summed E-state index contributed by atoms with van der Waals surface area (Å²) in [7, 11) is -3.43. The lowest BCUT2D eigenvalue weighted by atomic mass is 10.4. The van der Waals surface area contributed by atoms with Crippen LogP contribution in [0.4, 0.5) is 0 Å². The van der Waals surface area contributed by atoms with Gasteiger partial charge in [0.25, 0.3) is 0 Å². The zero-order valence-corrected chi connectivity index (χ0v) is 11.5. The first kappa shape index (κ1) is 15.7. The van der Waals surface area contributed by atoms with Crippen molar-refractivity contribution in [2.75, 3.05) is 18.6 Å². The number of nitrogens with two attached hydrogens (primary N) is 1. The minimum absolute atomic E-state index is 0.0449. The van der Waals surface area contributed by atoms with E-state index < -0.39 is 16.1 Å². The highest BCUT2D eigenvalue weighted by atomic mass is 32.2. The van der Waals surface area contributed by atoms with Gasteiger partial charge < -0.3 is 16.0 Å². The molecular formula is C7H13N5O5S2. The van der Waals surface area contributed by atoms with Crippen LogP contribution in [0.3, 0.4) is 0 Å². The van der Waals surface area contributed by atoms with E-state index in [1.807, 2.05) is 0 Å². The molecule has 0 spiro atoms. The third kappa shape index (κ3) is 5.02. The van der Waals surface area contributed by atoms with Crippen LogP contribution in [0.1, 0.15) is 5.69 Å². The van der Waals surface area contributed by atoms with Crippen molar-refractivity contribution >= 4 is 27.6 Å². The second kappa shape index (κ2) is 6.70. The predicted octanol–water partition coefficient (Wildman–Crippen LogP) is -1.83. The van der Waals surface area contributed by atoms with E-state index in [-0.39, 0.29) is 28.9 Å². The normalized spacial score (nSPS) is 14.5. The van der Waals surface area contributed by atoms with Crippen molar-refractivity contribution in [3.05, 3.63) is 5.69 Å². The van der Waals surface area contributed by atoms with Crippen molar-refractivity contribution in [3.63, 3.8) is 0 Å². The molecule has 1 aromatic rings. The Balaban J connectivity index is 2.68. The maximum atomic E-state index is 11.0. The van der Waals surface area contributed by atoms with E-state index in [0.717, 1.165) is 18.0 Å². The Bertz CT molecular complexity index is 542. The smallest absolute Gasteiger partial charge is 0.209 e. The standard InChI is InChI=1S/C7H13N5O5S2/c1-19(15,16)12-4(2-13)3-18-7-5(6(8)9-14)10-17-11-7/h4,12-14H,2-3H2,1H3,(H2,8,9)/t4-/m1/s1. The van der Waals surface area contributed by atoms with Gasteiger partial charge in [0.05, 0.1) is 18.9 Å². The average molecular weight is 311 g/mol. The number of hydrogen-bond donors (Lipinski definition) is 4. The van der Waals surface area contributed by atoms with Crippen LogP contribution in [0.2, 0.25) is 0 Å². The fraction of sp³-hybridized carbons (Fsp3) is 0.571. The van der Waals surface area contributed by atoms with Gasteiger partial charge in [-0.15, -0.1) is 0 Å². The molecule has 10 nitrogen and oxygen atoms in total. The molecule has 0 aromatic carbocycles. The van der Waals surface area contributed by atoms with Gasteiger partial charge in [0.15, 0.2) is 16.6 Å². The van der Waals surface area contributed by atoms with E-state index in [1.54, 1.807) is 0 Å². The lowest BCUT2D eigenvalue weighted by Crippen LogP contribution is -2.38. The summed E-state index contributed by atoms with van der Waals surface area (Å²) in [5.74, 6) is -0.107. The number of nitrogens with one attached hydrogen (secondary N) is 1. The largest absolute Gasteiger partial charge is 0.409 e. The summed E-state index contributed by atoms with van der Waals surface area (Å²) in [6, 6.07) is -0.697. The van der Waals surface area contributed by atoms with Crippen LogP contribution in [0.25, 0.3) is 0 Å². The van der Waals surface area contributed by atoms with Gasteiger partial charge in [-0.2, -0.15) is 0 Å². The Hall–Kier alpha value is -1.37. The summed E-state index contributed by atoms with van der Waals surface area (Å²) in [4.78, 5) is 0. The van der Waals surface area contributed by atoms with Gasteiger partial charge in [-0.05, 0) is 10.3 Å². The van der Waals surface area contributed by atoms with E-state index >= 15 is 0 Å². The molecule has 108 valence electrons. The first-order valence-corrected chi connectivity index (χ1v) is 7.76. The molecule has 0 aliphatic rings. The number of aliphatic hydroxyl groups excluding tert-OH is 1. The fourth-order valence-electron chi connectivity index (χ4n) is 1.09. The topological polar surface area (TPSA) is 164 Å². The molecule has 0 aliphatic heterocycles. The van der Waals surface area contributed by atoms with E-state index in [1.165, 1.54) is 0 Å². The highest BCUT2D eigenvalue weighted by Crippen LogP contribution is 2.19. The van der Waals surface area contributed by atoms with Crippen LogP contribution in [0.15, 0.2) is 14.8 Å². The van der Waals surface area contributed by atoms with Crippen LogP contribution in [0, 0.1) is 0 Å². The van der Waals surface area contributed by atoms with Gasteiger partial charge in [0.2, 0.25) is 10.0 Å². The van der Waals surface area contributed by atoms with Crippen LogP contribution >= 0.6 is 11.8 Å². The molecule has 0 fully saturated rings. The molecule has 1 aromatic heterocycles. The van der Waals surface area contributed by atoms with Crippen molar-refractivity contribution in [1.82, 2.24) is 15.0 Å². The first-order chi connectivity index (χ1) is 8.87. The molecule has 0 bridgehead atoms. The second-order valence-corrected chi connectivity index (χ2v) is 6.27. The van der Waals surface area contributed by atoms with E-state index in [2.05, 4.69) is 24.8 Å². The average Bonchev–Trinajstić information content (AvgIpc) is 2.80. The Morgan fingerprint density at radius 2 is 2.32 bits per heavy atom. The van der Waals surface area contributed by atoms with Gasteiger partial charge in [-0.3, -0.25) is 0 Å². The van der Waals surface area contributed by atoms with Gasteiger partial charge in [0, 0.05) is 5.75 Å². The monoisotopic (exact) mass is 311 g/mol. The summed E-state index contributed by atoms with van der Waals surface area (Å²) >= 11 is 1.04. The number of aromatic nitrogens is 2. The zero-order valence-electron chi connectivity index (χ0n) is 9.85. The van der Waals surface area contributed by atoms with Crippen molar-refractivity contribution in [2.24, 2.45) is 10.9 Å². The second-order valence-electron chi connectivity index (χ2n) is 3.48. The minimum atomic E-state index is -3.43. The summed E-state index contributed by atoms with van der Waals surface area (Å²) < 4.78 is 28.8. The molecule has 1 heterocycles. The lowest BCUT2D eigenvalue weighted by Gasteiger charge is -2.13. The molecule has 0 radical (unpaired) electrons. The highest BCUT2D eigenvalue weighted by Gasteiger charge is 2.19. The van der Waals surface area contributed by atoms with Gasteiger partial charge >= 0.3 is 0 Å². The summed E-state index contributed by atoms with van der Waals surface area (Å²) in [5, 5.41) is 27.5. The van der Waals surface area contributed by atoms with Gasteiger partial charge in [-0.25, -0.2) is 17.8 Å². The Morgan fingerprint density at radius 1 is 1.63 bits per heavy atom. The van der Waals surface area contributed by atoms with Gasteiger partial charge in [0.1, 0.15) is 0 Å². The zero-order chi connectivity index (χ0) is 14.5. The number of nitrogens with zero attached hydrogens (tertiary/aromatic N) is 3. The first-order valence-electron chi connectivity index (χ1n) is 4.88. The Labute approximate surface area is 113 Å². The van der Waals surface area contributed by atoms with E-state index in [9.17, 15) is 8.42 Å². The summed E-state index contributed by atoms with van der Waals surface area (Å²) in [6.45, 7) is -0.385. The maximum Gasteiger partial charge on any atom is 0.209 e. The molecular weight excluding hydrogens is 298 g/mol. The van der Waals surface area contributed by atoms with Crippen molar-refractivity contribution in [2.45, 2.75) is 11.1 Å². The molecule has 0 saturated heterocycles. The quantitative estimate of drug-likeness (QED) is 0.149. The van der Waals surface area contributed by atoms with Crippen molar-refractivity contribution < 1.29 is 23.4 Å². The third-order valence-corrected chi connectivity index (χ3v) is 3.70. The molecule has 0 saturated carbocycles. The number of rotatable bonds is 7. The number of hydrogen-bond acceptors (Lipinski definition) is 9. The summed E-state index contributed by atoms with van der Waals surface area (Å²) in [5.41, 5.74) is 5.39. The molecule has 1 rings (SSSR count). The molecule has 0 amide bonds. The number of thioether (sulfide) groups is 1. The van der Waals surface area contributed by atoms with E-state index in [4.69, 9.17) is 16.0 Å². The maximum absolute atomic E-state index is 11.0. The number of amidine groups is 1. The molecule has 0 unspecified atom stereocenters. The Kier molecular flexibility index (Phi) is 5.53. The highest BCUT2D eigenvalue weighted by molar-refractivity contribution is 7.99. The Morgan fingerprint density at radius 3 is 2.84 bits per heavy atom.